The largest absolute Gasteiger partial charge is 0.317 e. The van der Waals surface area contributed by atoms with E-state index >= 15 is 0 Å². The van der Waals surface area contributed by atoms with Crippen LogP contribution in [-0.4, -0.2) is 22.9 Å². The van der Waals surface area contributed by atoms with Gasteiger partial charge in [-0.25, -0.2) is 0 Å². The van der Waals surface area contributed by atoms with Crippen LogP contribution in [0.25, 0.3) is 0 Å². The van der Waals surface area contributed by atoms with Crippen LogP contribution in [0.3, 0.4) is 0 Å². The molecule has 0 radical (unpaired) electrons. The molecule has 1 aliphatic carbocycles. The van der Waals surface area contributed by atoms with Gasteiger partial charge in [0.15, 0.2) is 0 Å². The van der Waals surface area contributed by atoms with E-state index in [-0.39, 0.29) is 0 Å². The van der Waals surface area contributed by atoms with Crippen LogP contribution in [0.4, 0.5) is 0 Å². The number of piperidine rings is 1. The number of hydrogen-bond donors (Lipinski definition) is 1. The fourth-order valence-electron chi connectivity index (χ4n) is 4.06. The van der Waals surface area contributed by atoms with Gasteiger partial charge in [-0.05, 0) is 64.1 Å². The van der Waals surface area contributed by atoms with Crippen molar-refractivity contribution in [2.75, 3.05) is 13.1 Å². The minimum Gasteiger partial charge on any atom is -0.317 e. The summed E-state index contributed by atoms with van der Waals surface area (Å²) in [4.78, 5) is 0. The minimum absolute atomic E-state index is 0.669. The summed E-state index contributed by atoms with van der Waals surface area (Å²) >= 11 is 0. The Bertz CT molecular complexity index is 423. The van der Waals surface area contributed by atoms with Crippen molar-refractivity contribution in [2.24, 2.45) is 0 Å². The molecule has 19 heavy (non-hydrogen) atoms. The number of nitrogens with zero attached hydrogens (tertiary/aromatic N) is 2. The van der Waals surface area contributed by atoms with Gasteiger partial charge in [0.25, 0.3) is 0 Å². The first-order chi connectivity index (χ1) is 9.27. The maximum absolute atomic E-state index is 4.91. The molecule has 2 fully saturated rings. The van der Waals surface area contributed by atoms with Gasteiger partial charge < -0.3 is 5.32 Å². The molecule has 3 nitrogen and oxygen atoms in total. The Hall–Kier alpha value is -0.830. The summed E-state index contributed by atoms with van der Waals surface area (Å²) in [6.07, 6.45) is 9.38. The highest BCUT2D eigenvalue weighted by Crippen LogP contribution is 2.35. The fraction of sp³-hybridized carbons (Fsp3) is 0.812. The maximum Gasteiger partial charge on any atom is 0.0631 e. The van der Waals surface area contributed by atoms with E-state index < -0.39 is 0 Å². The van der Waals surface area contributed by atoms with Crippen LogP contribution in [0, 0.1) is 13.8 Å². The summed E-state index contributed by atoms with van der Waals surface area (Å²) in [5, 5.41) is 8.37. The maximum atomic E-state index is 4.91. The van der Waals surface area contributed by atoms with Gasteiger partial charge in [0.2, 0.25) is 0 Å². The molecule has 1 saturated heterocycles. The highest BCUT2D eigenvalue weighted by molar-refractivity contribution is 5.29. The number of aromatic nitrogens is 2. The van der Waals surface area contributed by atoms with Crippen molar-refractivity contribution in [1.82, 2.24) is 15.1 Å². The van der Waals surface area contributed by atoms with Gasteiger partial charge in [-0.15, -0.1) is 0 Å². The zero-order valence-electron chi connectivity index (χ0n) is 12.4. The second-order valence-corrected chi connectivity index (χ2v) is 6.35. The SMILES string of the molecule is Cc1nn(C2CCCCC2)c(C)c1C1CCNCC1. The molecule has 2 aliphatic rings. The third-order valence-corrected chi connectivity index (χ3v) is 5.05. The lowest BCUT2D eigenvalue weighted by molar-refractivity contribution is 0.323. The molecule has 106 valence electrons. The van der Waals surface area contributed by atoms with Crippen molar-refractivity contribution in [3.05, 3.63) is 17.0 Å². The molecule has 3 rings (SSSR count). The van der Waals surface area contributed by atoms with Gasteiger partial charge in [0.05, 0.1) is 11.7 Å². The standard InChI is InChI=1S/C16H27N3/c1-12-16(14-8-10-17-11-9-14)13(2)19(18-12)15-6-4-3-5-7-15/h14-15,17H,3-11H2,1-2H3. The molecule has 3 heteroatoms. The molecule has 1 N–H and O–H groups in total. The quantitative estimate of drug-likeness (QED) is 0.883. The van der Waals surface area contributed by atoms with E-state index in [0.29, 0.717) is 6.04 Å². The van der Waals surface area contributed by atoms with Gasteiger partial charge in [-0.2, -0.15) is 5.10 Å². The smallest absolute Gasteiger partial charge is 0.0631 e. The van der Waals surface area contributed by atoms with E-state index in [4.69, 9.17) is 5.10 Å². The molecule has 0 bridgehead atoms. The summed E-state index contributed by atoms with van der Waals surface area (Å²) in [6.45, 7) is 6.84. The monoisotopic (exact) mass is 261 g/mol. The summed E-state index contributed by atoms with van der Waals surface area (Å²) in [5.41, 5.74) is 4.30. The van der Waals surface area contributed by atoms with Crippen LogP contribution >= 0.6 is 0 Å². The Morgan fingerprint density at radius 3 is 2.37 bits per heavy atom. The molecule has 1 aromatic rings. The van der Waals surface area contributed by atoms with E-state index in [1.165, 1.54) is 56.3 Å². The second-order valence-electron chi connectivity index (χ2n) is 6.35. The Kier molecular flexibility index (Phi) is 3.92. The Morgan fingerprint density at radius 1 is 1.00 bits per heavy atom. The average Bonchev–Trinajstić information content (AvgIpc) is 2.76. The van der Waals surface area contributed by atoms with Crippen molar-refractivity contribution in [3.63, 3.8) is 0 Å². The van der Waals surface area contributed by atoms with E-state index in [1.54, 1.807) is 5.56 Å². The summed E-state index contributed by atoms with van der Waals surface area (Å²) < 4.78 is 2.37. The van der Waals surface area contributed by atoms with Crippen LogP contribution in [0.15, 0.2) is 0 Å². The Morgan fingerprint density at radius 2 is 1.68 bits per heavy atom. The molecule has 0 spiro atoms. The van der Waals surface area contributed by atoms with E-state index in [1.807, 2.05) is 0 Å². The normalized spacial score (nSPS) is 22.8. The molecular weight excluding hydrogens is 234 g/mol. The van der Waals surface area contributed by atoms with Crippen LogP contribution in [-0.2, 0) is 0 Å². The van der Waals surface area contributed by atoms with Gasteiger partial charge in [-0.1, -0.05) is 19.3 Å². The fourth-order valence-corrected chi connectivity index (χ4v) is 4.06. The minimum atomic E-state index is 0.669. The van der Waals surface area contributed by atoms with E-state index in [9.17, 15) is 0 Å². The summed E-state index contributed by atoms with van der Waals surface area (Å²) in [6, 6.07) is 0.669. The highest BCUT2D eigenvalue weighted by Gasteiger charge is 2.25. The first kappa shape index (κ1) is 13.2. The molecule has 1 saturated carbocycles. The molecule has 2 heterocycles. The van der Waals surface area contributed by atoms with Crippen molar-refractivity contribution < 1.29 is 0 Å². The number of hydrogen-bond acceptors (Lipinski definition) is 2. The zero-order chi connectivity index (χ0) is 13.2. The lowest BCUT2D eigenvalue weighted by Gasteiger charge is -2.25. The predicted molar refractivity (Wildman–Crippen MR) is 78.7 cm³/mol. The Balaban J connectivity index is 1.86. The summed E-state index contributed by atoms with van der Waals surface area (Å²) in [5.74, 6) is 0.735. The van der Waals surface area contributed by atoms with Crippen molar-refractivity contribution >= 4 is 0 Å². The van der Waals surface area contributed by atoms with Crippen molar-refractivity contribution in [3.8, 4) is 0 Å². The third kappa shape index (κ3) is 2.58. The number of aryl methyl sites for hydroxylation is 1. The lowest BCUT2D eigenvalue weighted by atomic mass is 9.88. The molecule has 1 aromatic heterocycles. The first-order valence-electron chi connectivity index (χ1n) is 8.03. The van der Waals surface area contributed by atoms with Crippen LogP contribution in [0.2, 0.25) is 0 Å². The van der Waals surface area contributed by atoms with Gasteiger partial charge in [-0.3, -0.25) is 4.68 Å². The number of nitrogens with one attached hydrogen (secondary N) is 1. The molecule has 0 unspecified atom stereocenters. The highest BCUT2D eigenvalue weighted by atomic mass is 15.3. The molecule has 0 atom stereocenters. The average molecular weight is 261 g/mol. The lowest BCUT2D eigenvalue weighted by Crippen LogP contribution is -2.27. The first-order valence-corrected chi connectivity index (χ1v) is 8.03. The second kappa shape index (κ2) is 5.66. The topological polar surface area (TPSA) is 29.9 Å². The van der Waals surface area contributed by atoms with Crippen LogP contribution in [0.1, 0.15) is 73.9 Å². The molecular formula is C16H27N3. The molecule has 1 aliphatic heterocycles. The van der Waals surface area contributed by atoms with Gasteiger partial charge >= 0.3 is 0 Å². The third-order valence-electron chi connectivity index (χ3n) is 5.05. The van der Waals surface area contributed by atoms with E-state index in [2.05, 4.69) is 23.8 Å². The van der Waals surface area contributed by atoms with Gasteiger partial charge in [0.1, 0.15) is 0 Å². The molecule has 0 aromatic carbocycles. The Labute approximate surface area is 116 Å². The van der Waals surface area contributed by atoms with Crippen LogP contribution < -0.4 is 5.32 Å². The van der Waals surface area contributed by atoms with Crippen molar-refractivity contribution in [1.29, 1.82) is 0 Å². The van der Waals surface area contributed by atoms with Crippen LogP contribution in [0.5, 0.6) is 0 Å². The predicted octanol–water partition coefficient (Wildman–Crippen LogP) is 3.47. The number of rotatable bonds is 2. The molecule has 0 amide bonds. The van der Waals surface area contributed by atoms with Crippen molar-refractivity contribution in [2.45, 2.75) is 70.8 Å². The zero-order valence-corrected chi connectivity index (χ0v) is 12.4. The van der Waals surface area contributed by atoms with Gasteiger partial charge in [0, 0.05) is 5.69 Å². The van der Waals surface area contributed by atoms with E-state index in [0.717, 1.165) is 19.0 Å². The summed E-state index contributed by atoms with van der Waals surface area (Å²) in [7, 11) is 0.